The Morgan fingerprint density at radius 3 is 2.53 bits per heavy atom. The van der Waals surface area contributed by atoms with Crippen LogP contribution in [0.2, 0.25) is 0 Å². The fourth-order valence-corrected chi connectivity index (χ4v) is 6.31. The number of halogens is 3. The van der Waals surface area contributed by atoms with Crippen LogP contribution in [0.3, 0.4) is 0 Å². The summed E-state index contributed by atoms with van der Waals surface area (Å²) >= 11 is 0. The van der Waals surface area contributed by atoms with E-state index in [1.807, 2.05) is 69.4 Å². The third-order valence-corrected chi connectivity index (χ3v) is 8.76. The Bertz CT molecular complexity index is 1900. The summed E-state index contributed by atoms with van der Waals surface area (Å²) in [5.41, 5.74) is 1.27. The summed E-state index contributed by atoms with van der Waals surface area (Å²) in [6.07, 6.45) is 3.49. The van der Waals surface area contributed by atoms with Crippen LogP contribution in [0.1, 0.15) is 36.3 Å². The zero-order valence-electron chi connectivity index (χ0n) is 23.5. The van der Waals surface area contributed by atoms with Crippen molar-refractivity contribution in [3.8, 4) is 28.1 Å². The van der Waals surface area contributed by atoms with Crippen LogP contribution >= 0.6 is 0 Å². The summed E-state index contributed by atoms with van der Waals surface area (Å²) < 4.78 is 74.2. The summed E-state index contributed by atoms with van der Waals surface area (Å²) in [7, 11) is -5.73. The molecule has 0 bridgehead atoms. The standard InChI is InChI=1S/C30H28F3N5O4S/c1-17-15-34-29(35-24-10-7-11-26(24)42-43(39,40)30(31,32)33)36-28(17)23-16-38(21-8-5-4-6-9-21)25-14-20(12-13-22(23)25)27-18(2)37-41-19(27)3/h4-6,8-9,12-16,24,26H,7,10-11H2,1-3H3,(H,34,35,36)/t24-,26+/m0/s1. The first-order chi connectivity index (χ1) is 20.4. The molecule has 0 amide bonds. The predicted molar refractivity (Wildman–Crippen MR) is 155 cm³/mol. The summed E-state index contributed by atoms with van der Waals surface area (Å²) in [5.74, 6) is 0.882. The average Bonchev–Trinajstić information content (AvgIpc) is 3.66. The van der Waals surface area contributed by atoms with E-state index in [1.165, 1.54) is 0 Å². The lowest BCUT2D eigenvalue weighted by molar-refractivity contribution is -0.0573. The molecule has 5 aromatic rings. The van der Waals surface area contributed by atoms with E-state index >= 15 is 0 Å². The molecule has 1 fully saturated rings. The molecule has 0 spiro atoms. The molecule has 43 heavy (non-hydrogen) atoms. The molecule has 0 unspecified atom stereocenters. The molecule has 6 rings (SSSR count). The Morgan fingerprint density at radius 2 is 1.84 bits per heavy atom. The normalized spacial score (nSPS) is 17.5. The molecular weight excluding hydrogens is 583 g/mol. The Balaban J connectivity index is 1.40. The van der Waals surface area contributed by atoms with Crippen molar-refractivity contribution in [3.63, 3.8) is 0 Å². The molecule has 1 N–H and O–H groups in total. The zero-order chi connectivity index (χ0) is 30.5. The van der Waals surface area contributed by atoms with Gasteiger partial charge in [-0.1, -0.05) is 35.5 Å². The Kier molecular flexibility index (Phi) is 7.25. The van der Waals surface area contributed by atoms with Gasteiger partial charge in [-0.3, -0.25) is 4.18 Å². The van der Waals surface area contributed by atoms with E-state index in [0.717, 1.165) is 50.3 Å². The highest BCUT2D eigenvalue weighted by Gasteiger charge is 2.50. The molecule has 3 aromatic heterocycles. The average molecular weight is 612 g/mol. The highest BCUT2D eigenvalue weighted by molar-refractivity contribution is 7.87. The molecule has 2 aromatic carbocycles. The number of aromatic nitrogens is 4. The number of para-hydroxylation sites is 1. The van der Waals surface area contributed by atoms with Gasteiger partial charge in [0.05, 0.1) is 29.1 Å². The topological polar surface area (TPSA) is 112 Å². The number of nitrogens with one attached hydrogen (secondary N) is 1. The second-order valence-electron chi connectivity index (χ2n) is 10.6. The van der Waals surface area contributed by atoms with Gasteiger partial charge in [-0.05, 0) is 69.4 Å². The summed E-state index contributed by atoms with van der Waals surface area (Å²) in [6.45, 7) is 5.65. The highest BCUT2D eigenvalue weighted by atomic mass is 32.2. The molecule has 224 valence electrons. The molecule has 1 aliphatic carbocycles. The highest BCUT2D eigenvalue weighted by Crippen LogP contribution is 2.38. The molecular formula is C30H28F3N5O4S. The molecule has 0 radical (unpaired) electrons. The number of anilines is 1. The first kappa shape index (κ1) is 28.9. The number of rotatable bonds is 7. The van der Waals surface area contributed by atoms with E-state index in [1.54, 1.807) is 6.20 Å². The van der Waals surface area contributed by atoms with Crippen molar-refractivity contribution in [2.75, 3.05) is 5.32 Å². The second kappa shape index (κ2) is 10.8. The van der Waals surface area contributed by atoms with Crippen LogP contribution < -0.4 is 5.32 Å². The third-order valence-electron chi connectivity index (χ3n) is 7.69. The van der Waals surface area contributed by atoms with Crippen LogP contribution in [-0.2, 0) is 14.3 Å². The Morgan fingerprint density at radius 1 is 1.07 bits per heavy atom. The molecule has 9 nitrogen and oxygen atoms in total. The van der Waals surface area contributed by atoms with Crippen LogP contribution in [-0.4, -0.2) is 45.8 Å². The Hall–Kier alpha value is -4.23. The maximum absolute atomic E-state index is 13.0. The lowest BCUT2D eigenvalue weighted by Crippen LogP contribution is -2.37. The second-order valence-corrected chi connectivity index (χ2v) is 12.2. The van der Waals surface area contributed by atoms with Gasteiger partial charge in [0, 0.05) is 34.6 Å². The van der Waals surface area contributed by atoms with Crippen molar-refractivity contribution in [3.05, 3.63) is 77.9 Å². The third kappa shape index (κ3) is 5.38. The number of hydrogen-bond acceptors (Lipinski definition) is 8. The maximum Gasteiger partial charge on any atom is 0.523 e. The van der Waals surface area contributed by atoms with Crippen LogP contribution in [0.25, 0.3) is 39.0 Å². The molecule has 3 heterocycles. The van der Waals surface area contributed by atoms with Gasteiger partial charge in [-0.25, -0.2) is 9.97 Å². The van der Waals surface area contributed by atoms with Gasteiger partial charge >= 0.3 is 15.6 Å². The van der Waals surface area contributed by atoms with Gasteiger partial charge < -0.3 is 14.4 Å². The lowest BCUT2D eigenvalue weighted by Gasteiger charge is -2.21. The van der Waals surface area contributed by atoms with Crippen molar-refractivity contribution < 1.29 is 30.3 Å². The molecule has 0 saturated heterocycles. The SMILES string of the molecule is Cc1cnc(N[C@H]2CCC[C@H]2OS(=O)(=O)C(F)(F)F)nc1-c1cn(-c2ccccc2)c2cc(-c3c(C)noc3C)ccc12. The van der Waals surface area contributed by atoms with Gasteiger partial charge in [-0.2, -0.15) is 21.6 Å². The molecule has 2 atom stereocenters. The van der Waals surface area contributed by atoms with Crippen molar-refractivity contribution in [2.45, 2.75) is 57.7 Å². The van der Waals surface area contributed by atoms with Gasteiger partial charge in [0.1, 0.15) is 5.76 Å². The molecule has 1 aliphatic rings. The molecule has 13 heteroatoms. The Labute approximate surface area is 245 Å². The fourth-order valence-electron chi connectivity index (χ4n) is 5.64. The minimum absolute atomic E-state index is 0.156. The predicted octanol–water partition coefficient (Wildman–Crippen LogP) is 6.87. The van der Waals surface area contributed by atoms with Gasteiger partial charge in [0.2, 0.25) is 5.95 Å². The van der Waals surface area contributed by atoms with E-state index < -0.39 is 27.8 Å². The van der Waals surface area contributed by atoms with Crippen molar-refractivity contribution in [1.82, 2.24) is 19.7 Å². The first-order valence-electron chi connectivity index (χ1n) is 13.7. The summed E-state index contributed by atoms with van der Waals surface area (Å²) in [6, 6.07) is 15.2. The quantitative estimate of drug-likeness (QED) is 0.157. The maximum atomic E-state index is 13.0. The summed E-state index contributed by atoms with van der Waals surface area (Å²) in [5, 5.41) is 8.05. The lowest BCUT2D eigenvalue weighted by atomic mass is 10.0. The number of benzene rings is 2. The minimum Gasteiger partial charge on any atom is -0.361 e. The van der Waals surface area contributed by atoms with E-state index in [-0.39, 0.29) is 12.4 Å². The monoisotopic (exact) mass is 611 g/mol. The van der Waals surface area contributed by atoms with E-state index in [4.69, 9.17) is 9.51 Å². The van der Waals surface area contributed by atoms with Crippen LogP contribution in [0.4, 0.5) is 19.1 Å². The molecule has 0 aliphatic heterocycles. The van der Waals surface area contributed by atoms with Crippen molar-refractivity contribution in [1.29, 1.82) is 0 Å². The van der Waals surface area contributed by atoms with Crippen molar-refractivity contribution >= 4 is 27.0 Å². The number of fused-ring (bicyclic) bond motifs is 1. The number of hydrogen-bond donors (Lipinski definition) is 1. The largest absolute Gasteiger partial charge is 0.523 e. The van der Waals surface area contributed by atoms with E-state index in [0.29, 0.717) is 18.5 Å². The fraction of sp³-hybridized carbons (Fsp3) is 0.300. The van der Waals surface area contributed by atoms with E-state index in [9.17, 15) is 21.6 Å². The zero-order valence-corrected chi connectivity index (χ0v) is 24.3. The van der Waals surface area contributed by atoms with E-state index in [2.05, 4.69) is 30.3 Å². The van der Waals surface area contributed by atoms with Gasteiger partial charge in [0.25, 0.3) is 0 Å². The smallest absolute Gasteiger partial charge is 0.361 e. The van der Waals surface area contributed by atoms with Crippen LogP contribution in [0.5, 0.6) is 0 Å². The van der Waals surface area contributed by atoms with Crippen LogP contribution in [0, 0.1) is 20.8 Å². The van der Waals surface area contributed by atoms with Crippen LogP contribution in [0.15, 0.2) is 65.4 Å². The molecule has 1 saturated carbocycles. The van der Waals surface area contributed by atoms with Gasteiger partial charge in [-0.15, -0.1) is 0 Å². The summed E-state index contributed by atoms with van der Waals surface area (Å²) in [4.78, 5) is 9.10. The number of alkyl halides is 3. The number of nitrogens with zero attached hydrogens (tertiary/aromatic N) is 4. The first-order valence-corrected chi connectivity index (χ1v) is 15.1. The minimum atomic E-state index is -5.73. The van der Waals surface area contributed by atoms with Crippen molar-refractivity contribution in [2.24, 2.45) is 0 Å². The van der Waals surface area contributed by atoms with Gasteiger partial charge in [0.15, 0.2) is 0 Å². The number of aryl methyl sites for hydroxylation is 3.